The molecule has 156 valence electrons. The van der Waals surface area contributed by atoms with E-state index in [-0.39, 0.29) is 17.5 Å². The zero-order valence-electron chi connectivity index (χ0n) is 17.0. The van der Waals surface area contributed by atoms with Crippen LogP contribution in [-0.2, 0) is 4.79 Å². The van der Waals surface area contributed by atoms with E-state index < -0.39 is 0 Å². The number of aromatic nitrogens is 2. The summed E-state index contributed by atoms with van der Waals surface area (Å²) in [7, 11) is 0. The number of aryl methyl sites for hydroxylation is 1. The van der Waals surface area contributed by atoms with Gasteiger partial charge in [0.25, 0.3) is 11.5 Å². The molecular weight excluding hydrogens is 416 g/mol. The van der Waals surface area contributed by atoms with Crippen molar-refractivity contribution in [1.29, 1.82) is 0 Å². The maximum absolute atomic E-state index is 13.5. The maximum Gasteiger partial charge on any atom is 0.267 e. The van der Waals surface area contributed by atoms with E-state index >= 15 is 0 Å². The Labute approximate surface area is 185 Å². The predicted molar refractivity (Wildman–Crippen MR) is 125 cm³/mol. The number of carbonyl (C=O) groups excluding carboxylic acids is 1. The van der Waals surface area contributed by atoms with Crippen molar-refractivity contribution in [1.82, 2.24) is 14.3 Å². The summed E-state index contributed by atoms with van der Waals surface area (Å²) in [5.74, 6) is 0.602. The molecule has 3 fully saturated rings. The quantitative estimate of drug-likeness (QED) is 0.535. The first-order valence-electron chi connectivity index (χ1n) is 10.6. The average Bonchev–Trinajstić information content (AvgIpc) is 3.47. The van der Waals surface area contributed by atoms with Crippen LogP contribution in [0.15, 0.2) is 28.0 Å². The molecule has 0 atom stereocenters. The molecule has 2 aromatic rings. The fourth-order valence-electron chi connectivity index (χ4n) is 4.63. The van der Waals surface area contributed by atoms with E-state index in [1.165, 1.54) is 11.8 Å². The van der Waals surface area contributed by atoms with Gasteiger partial charge in [-0.3, -0.25) is 18.9 Å². The minimum Gasteiger partial charge on any atom is -0.356 e. The maximum atomic E-state index is 13.5. The highest BCUT2D eigenvalue weighted by atomic mass is 32.2. The van der Waals surface area contributed by atoms with Crippen LogP contribution in [0.1, 0.15) is 49.7 Å². The van der Waals surface area contributed by atoms with Crippen LogP contribution in [-0.4, -0.2) is 43.6 Å². The van der Waals surface area contributed by atoms with Crippen molar-refractivity contribution in [2.75, 3.05) is 18.0 Å². The lowest BCUT2D eigenvalue weighted by molar-refractivity contribution is -0.123. The molecule has 0 bridgehead atoms. The van der Waals surface area contributed by atoms with E-state index in [0.717, 1.165) is 57.2 Å². The fraction of sp³-hybridized carbons (Fsp3) is 0.455. The third kappa shape index (κ3) is 3.36. The third-order valence-corrected chi connectivity index (χ3v) is 7.51. The molecule has 4 heterocycles. The van der Waals surface area contributed by atoms with Gasteiger partial charge in [-0.05, 0) is 50.3 Å². The van der Waals surface area contributed by atoms with Crippen LogP contribution < -0.4 is 10.5 Å². The Hall–Kier alpha value is -2.19. The van der Waals surface area contributed by atoms with E-state index in [0.29, 0.717) is 26.3 Å². The van der Waals surface area contributed by atoms with Gasteiger partial charge in [-0.25, -0.2) is 4.98 Å². The lowest BCUT2D eigenvalue weighted by Crippen LogP contribution is -2.36. The van der Waals surface area contributed by atoms with Crippen LogP contribution in [0.3, 0.4) is 0 Å². The van der Waals surface area contributed by atoms with Gasteiger partial charge in [0.1, 0.15) is 15.8 Å². The van der Waals surface area contributed by atoms with Crippen molar-refractivity contribution in [2.24, 2.45) is 0 Å². The Morgan fingerprint density at radius 3 is 2.60 bits per heavy atom. The summed E-state index contributed by atoms with van der Waals surface area (Å²) in [5.41, 5.74) is 1.95. The molecular formula is C22H24N4O2S2. The van der Waals surface area contributed by atoms with Gasteiger partial charge in [0.05, 0.1) is 10.5 Å². The van der Waals surface area contributed by atoms with E-state index in [4.69, 9.17) is 17.2 Å². The number of hydrogen-bond donors (Lipinski definition) is 0. The van der Waals surface area contributed by atoms with E-state index in [9.17, 15) is 9.59 Å². The van der Waals surface area contributed by atoms with Crippen molar-refractivity contribution in [2.45, 2.75) is 51.5 Å². The molecule has 1 aliphatic carbocycles. The highest BCUT2D eigenvalue weighted by Crippen LogP contribution is 2.38. The number of hydrogen-bond acceptors (Lipinski definition) is 6. The molecule has 0 spiro atoms. The summed E-state index contributed by atoms with van der Waals surface area (Å²) in [6.45, 7) is 3.70. The van der Waals surface area contributed by atoms with Gasteiger partial charge in [-0.1, -0.05) is 42.9 Å². The average molecular weight is 441 g/mol. The number of anilines is 1. The Kier molecular flexibility index (Phi) is 5.14. The van der Waals surface area contributed by atoms with Gasteiger partial charge in [0.2, 0.25) is 0 Å². The standard InChI is InChI=1S/C22H24N4O2S2/c1-14-8-9-18-23-19(24-10-4-5-11-24)16(20(27)25(18)13-14)12-17-21(28)26(22(29)30-17)15-6-2-3-7-15/h8-9,12-13,15H,2-7,10-11H2,1H3/b17-12+. The first-order chi connectivity index (χ1) is 14.5. The number of pyridine rings is 1. The third-order valence-electron chi connectivity index (χ3n) is 6.18. The summed E-state index contributed by atoms with van der Waals surface area (Å²) >= 11 is 6.84. The van der Waals surface area contributed by atoms with Crippen LogP contribution in [0.4, 0.5) is 5.82 Å². The highest BCUT2D eigenvalue weighted by Gasteiger charge is 2.38. The number of thioether (sulfide) groups is 1. The largest absolute Gasteiger partial charge is 0.356 e. The molecule has 2 aromatic heterocycles. The predicted octanol–water partition coefficient (Wildman–Crippen LogP) is 3.75. The Morgan fingerprint density at radius 2 is 1.87 bits per heavy atom. The first kappa shape index (κ1) is 19.8. The van der Waals surface area contributed by atoms with E-state index in [1.54, 1.807) is 21.6 Å². The number of rotatable bonds is 3. The molecule has 0 N–H and O–H groups in total. The number of amides is 1. The molecule has 30 heavy (non-hydrogen) atoms. The van der Waals surface area contributed by atoms with Crippen LogP contribution in [0.25, 0.3) is 11.7 Å². The summed E-state index contributed by atoms with van der Waals surface area (Å²) in [4.78, 5) is 35.9. The normalized spacial score (nSPS) is 21.7. The molecule has 0 aromatic carbocycles. The van der Waals surface area contributed by atoms with Crippen LogP contribution in [0.5, 0.6) is 0 Å². The van der Waals surface area contributed by atoms with Crippen LogP contribution in [0, 0.1) is 6.92 Å². The minimum atomic E-state index is -0.142. The lowest BCUT2D eigenvalue weighted by Gasteiger charge is -2.22. The second kappa shape index (κ2) is 7.81. The molecule has 3 aliphatic rings. The zero-order valence-corrected chi connectivity index (χ0v) is 18.6. The van der Waals surface area contributed by atoms with E-state index in [2.05, 4.69) is 4.90 Å². The number of fused-ring (bicyclic) bond motifs is 1. The van der Waals surface area contributed by atoms with Gasteiger partial charge < -0.3 is 4.90 Å². The van der Waals surface area contributed by atoms with Crippen molar-refractivity contribution in [3.63, 3.8) is 0 Å². The molecule has 0 unspecified atom stereocenters. The van der Waals surface area contributed by atoms with Gasteiger partial charge in [-0.15, -0.1) is 0 Å². The Balaban J connectivity index is 1.63. The van der Waals surface area contributed by atoms with Gasteiger partial charge in [0, 0.05) is 25.3 Å². The second-order valence-electron chi connectivity index (χ2n) is 8.27. The molecule has 6 nitrogen and oxygen atoms in total. The molecule has 0 radical (unpaired) electrons. The Bertz CT molecular complexity index is 1130. The van der Waals surface area contributed by atoms with Gasteiger partial charge >= 0.3 is 0 Å². The topological polar surface area (TPSA) is 57.9 Å². The molecule has 2 saturated heterocycles. The summed E-state index contributed by atoms with van der Waals surface area (Å²) < 4.78 is 2.18. The first-order valence-corrected chi connectivity index (χ1v) is 11.8. The van der Waals surface area contributed by atoms with Gasteiger partial charge in [0.15, 0.2) is 0 Å². The highest BCUT2D eigenvalue weighted by molar-refractivity contribution is 8.26. The SMILES string of the molecule is Cc1ccc2nc(N3CCCC3)c(/C=C3/SC(=S)N(C4CCCC4)C3=O)c(=O)n2c1. The monoisotopic (exact) mass is 440 g/mol. The zero-order chi connectivity index (χ0) is 20.8. The summed E-state index contributed by atoms with van der Waals surface area (Å²) in [6, 6.07) is 4.03. The molecule has 1 saturated carbocycles. The Morgan fingerprint density at radius 1 is 1.13 bits per heavy atom. The summed E-state index contributed by atoms with van der Waals surface area (Å²) in [5, 5.41) is 0. The minimum absolute atomic E-state index is 0.0713. The van der Waals surface area contributed by atoms with Crippen molar-refractivity contribution >= 4 is 51.7 Å². The van der Waals surface area contributed by atoms with Crippen molar-refractivity contribution < 1.29 is 4.79 Å². The van der Waals surface area contributed by atoms with E-state index in [1.807, 2.05) is 19.1 Å². The second-order valence-corrected chi connectivity index (χ2v) is 9.95. The number of nitrogens with zero attached hydrogens (tertiary/aromatic N) is 4. The fourth-order valence-corrected chi connectivity index (χ4v) is 6.01. The van der Waals surface area contributed by atoms with Crippen molar-refractivity contribution in [3.05, 3.63) is 44.7 Å². The van der Waals surface area contributed by atoms with Crippen LogP contribution >= 0.6 is 24.0 Å². The molecule has 5 rings (SSSR count). The smallest absolute Gasteiger partial charge is 0.267 e. The molecule has 1 amide bonds. The van der Waals surface area contributed by atoms with Crippen LogP contribution in [0.2, 0.25) is 0 Å². The number of thiocarbonyl (C=S) groups is 1. The van der Waals surface area contributed by atoms with Crippen molar-refractivity contribution in [3.8, 4) is 0 Å². The molecule has 2 aliphatic heterocycles. The number of carbonyl (C=O) groups is 1. The summed E-state index contributed by atoms with van der Waals surface area (Å²) in [6.07, 6.45) is 9.96. The van der Waals surface area contributed by atoms with Gasteiger partial charge in [-0.2, -0.15) is 0 Å². The lowest BCUT2D eigenvalue weighted by atomic mass is 10.2. The molecule has 8 heteroatoms.